The molecule has 2 aromatic carbocycles. The van der Waals surface area contributed by atoms with E-state index in [4.69, 9.17) is 18.9 Å². The summed E-state index contributed by atoms with van der Waals surface area (Å²) < 4.78 is 22.1. The maximum absolute atomic E-state index is 13.0. The van der Waals surface area contributed by atoms with Crippen LogP contribution in [-0.4, -0.2) is 66.7 Å². The third-order valence-corrected chi connectivity index (χ3v) is 5.44. The normalized spacial score (nSPS) is 13.4. The van der Waals surface area contributed by atoms with Gasteiger partial charge in [-0.15, -0.1) is 0 Å². The van der Waals surface area contributed by atoms with Gasteiger partial charge in [0.2, 0.25) is 5.88 Å². The highest BCUT2D eigenvalue weighted by Gasteiger charge is 2.23. The number of likely N-dealkylation sites (tertiary alicyclic amines) is 1. The molecule has 10 nitrogen and oxygen atoms in total. The first-order valence-corrected chi connectivity index (χ1v) is 11.5. The molecule has 36 heavy (non-hydrogen) atoms. The maximum atomic E-state index is 13.0. The third kappa shape index (κ3) is 6.28. The molecule has 0 aliphatic carbocycles. The summed E-state index contributed by atoms with van der Waals surface area (Å²) in [5.74, 6) is 1.11. The Labute approximate surface area is 209 Å². The highest BCUT2D eigenvalue weighted by Crippen LogP contribution is 2.28. The van der Waals surface area contributed by atoms with Crippen LogP contribution in [0.15, 0.2) is 54.9 Å². The summed E-state index contributed by atoms with van der Waals surface area (Å²) in [5.41, 5.74) is 1.18. The highest BCUT2D eigenvalue weighted by atomic mass is 16.5. The highest BCUT2D eigenvalue weighted by molar-refractivity contribution is 6.04. The van der Waals surface area contributed by atoms with Gasteiger partial charge in [0.05, 0.1) is 26.1 Å². The number of benzene rings is 2. The first-order chi connectivity index (χ1) is 17.4. The molecule has 0 unspecified atom stereocenters. The minimum absolute atomic E-state index is 0.152. The van der Waals surface area contributed by atoms with Gasteiger partial charge in [0.15, 0.2) is 0 Å². The minimum atomic E-state index is -0.351. The molecular weight excluding hydrogens is 464 g/mol. The minimum Gasteiger partial charge on any atom is -0.497 e. The molecule has 10 heteroatoms. The number of ether oxygens (including phenoxy) is 4. The number of anilines is 1. The standard InChI is InChI=1S/C26H28N4O6/c1-17(16-33-2)35-21-11-18(25(31)29-19-5-7-20(34-3)8-6-19)12-22(13-21)36-24-15-27-23(14-28-24)26(32)30-9-4-10-30/h5-8,11-15,17H,4,9-10,16H2,1-3H3,(H,29,31)/t17-/m0/s1. The van der Waals surface area contributed by atoms with Crippen LogP contribution < -0.4 is 19.5 Å². The Hall–Kier alpha value is -4.18. The Morgan fingerprint density at radius 2 is 1.75 bits per heavy atom. The molecule has 1 atom stereocenters. The van der Waals surface area contributed by atoms with Crippen molar-refractivity contribution in [1.82, 2.24) is 14.9 Å². The van der Waals surface area contributed by atoms with Crippen LogP contribution in [-0.2, 0) is 4.74 Å². The lowest BCUT2D eigenvalue weighted by molar-refractivity contribution is 0.0645. The van der Waals surface area contributed by atoms with Gasteiger partial charge in [-0.3, -0.25) is 9.59 Å². The molecule has 0 radical (unpaired) electrons. The second kappa shape index (κ2) is 11.5. The van der Waals surface area contributed by atoms with Crippen molar-refractivity contribution in [1.29, 1.82) is 0 Å². The molecule has 1 aliphatic rings. The zero-order valence-electron chi connectivity index (χ0n) is 20.4. The Kier molecular flexibility index (Phi) is 7.96. The number of amides is 2. The fourth-order valence-corrected chi connectivity index (χ4v) is 3.49. The molecule has 3 aromatic rings. The lowest BCUT2D eigenvalue weighted by atomic mass is 10.1. The van der Waals surface area contributed by atoms with Crippen molar-refractivity contribution in [2.45, 2.75) is 19.4 Å². The second-order valence-electron chi connectivity index (χ2n) is 8.25. The van der Waals surface area contributed by atoms with E-state index in [-0.39, 0.29) is 29.5 Å². The number of hydrogen-bond donors (Lipinski definition) is 1. The number of methoxy groups -OCH3 is 2. The van der Waals surface area contributed by atoms with Crippen LogP contribution in [0.3, 0.4) is 0 Å². The number of aromatic nitrogens is 2. The molecule has 0 saturated carbocycles. The van der Waals surface area contributed by atoms with E-state index in [1.54, 1.807) is 61.6 Å². The number of carbonyl (C=O) groups is 2. The third-order valence-electron chi connectivity index (χ3n) is 5.44. The fourth-order valence-electron chi connectivity index (χ4n) is 3.49. The number of carbonyl (C=O) groups excluding carboxylic acids is 2. The molecule has 188 valence electrons. The summed E-state index contributed by atoms with van der Waals surface area (Å²) in [5, 5.41) is 2.85. The molecule has 1 saturated heterocycles. The van der Waals surface area contributed by atoms with Crippen molar-refractivity contribution in [3.8, 4) is 23.1 Å². The summed E-state index contributed by atoms with van der Waals surface area (Å²) in [4.78, 5) is 35.4. The van der Waals surface area contributed by atoms with Crippen molar-refractivity contribution >= 4 is 17.5 Å². The predicted molar refractivity (Wildman–Crippen MR) is 132 cm³/mol. The molecule has 4 rings (SSSR count). The van der Waals surface area contributed by atoms with E-state index < -0.39 is 0 Å². The average molecular weight is 493 g/mol. The number of nitrogens with zero attached hydrogens (tertiary/aromatic N) is 3. The lowest BCUT2D eigenvalue weighted by Gasteiger charge is -2.30. The van der Waals surface area contributed by atoms with E-state index >= 15 is 0 Å². The van der Waals surface area contributed by atoms with Gasteiger partial charge in [-0.2, -0.15) is 0 Å². The number of hydrogen-bond acceptors (Lipinski definition) is 8. The molecule has 0 bridgehead atoms. The van der Waals surface area contributed by atoms with E-state index in [1.165, 1.54) is 12.4 Å². The van der Waals surface area contributed by atoms with Gasteiger partial charge in [0, 0.05) is 37.5 Å². The molecule has 1 N–H and O–H groups in total. The first kappa shape index (κ1) is 24.9. The van der Waals surface area contributed by atoms with Gasteiger partial charge in [-0.25, -0.2) is 9.97 Å². The summed E-state index contributed by atoms with van der Waals surface area (Å²) in [6.07, 6.45) is 3.50. The zero-order chi connectivity index (χ0) is 25.5. The monoisotopic (exact) mass is 492 g/mol. The average Bonchev–Trinajstić information content (AvgIpc) is 2.84. The largest absolute Gasteiger partial charge is 0.497 e. The van der Waals surface area contributed by atoms with Crippen LogP contribution in [0.5, 0.6) is 23.1 Å². The zero-order valence-corrected chi connectivity index (χ0v) is 20.4. The van der Waals surface area contributed by atoms with Crippen LogP contribution in [0.25, 0.3) is 0 Å². The van der Waals surface area contributed by atoms with Gasteiger partial charge in [-0.1, -0.05) is 0 Å². The van der Waals surface area contributed by atoms with Crippen LogP contribution in [0, 0.1) is 0 Å². The summed E-state index contributed by atoms with van der Waals surface area (Å²) >= 11 is 0. The molecular formula is C26H28N4O6. The van der Waals surface area contributed by atoms with Crippen molar-refractivity contribution in [2.75, 3.05) is 39.2 Å². The molecule has 2 amide bonds. The lowest BCUT2D eigenvalue weighted by Crippen LogP contribution is -2.42. The van der Waals surface area contributed by atoms with Crippen LogP contribution in [0.4, 0.5) is 5.69 Å². The SMILES string of the molecule is COC[C@H](C)Oc1cc(Oc2cnc(C(=O)N3CCC3)cn2)cc(C(=O)Nc2ccc(OC)cc2)c1. The van der Waals surface area contributed by atoms with Crippen molar-refractivity contribution in [2.24, 2.45) is 0 Å². The van der Waals surface area contributed by atoms with E-state index in [1.807, 2.05) is 6.92 Å². The van der Waals surface area contributed by atoms with Gasteiger partial charge in [-0.05, 0) is 49.7 Å². The fraction of sp³-hybridized carbons (Fsp3) is 0.308. The van der Waals surface area contributed by atoms with Gasteiger partial charge >= 0.3 is 0 Å². The van der Waals surface area contributed by atoms with Crippen molar-refractivity contribution < 1.29 is 28.5 Å². The maximum Gasteiger partial charge on any atom is 0.274 e. The molecule has 1 aromatic heterocycles. The van der Waals surface area contributed by atoms with Gasteiger partial charge in [0.25, 0.3) is 11.8 Å². The van der Waals surface area contributed by atoms with Crippen molar-refractivity contribution in [3.05, 3.63) is 66.1 Å². The van der Waals surface area contributed by atoms with Crippen LogP contribution in [0.2, 0.25) is 0 Å². The Balaban J connectivity index is 1.53. The van der Waals surface area contributed by atoms with E-state index in [0.29, 0.717) is 35.1 Å². The first-order valence-electron chi connectivity index (χ1n) is 11.5. The predicted octanol–water partition coefficient (Wildman–Crippen LogP) is 3.79. The van der Waals surface area contributed by atoms with Crippen LogP contribution >= 0.6 is 0 Å². The molecule has 0 spiro atoms. The topological polar surface area (TPSA) is 112 Å². The summed E-state index contributed by atoms with van der Waals surface area (Å²) in [7, 11) is 3.16. The molecule has 1 fully saturated rings. The van der Waals surface area contributed by atoms with E-state index in [0.717, 1.165) is 19.5 Å². The molecule has 2 heterocycles. The summed E-state index contributed by atoms with van der Waals surface area (Å²) in [6, 6.07) is 11.8. The van der Waals surface area contributed by atoms with Crippen molar-refractivity contribution in [3.63, 3.8) is 0 Å². The van der Waals surface area contributed by atoms with E-state index in [2.05, 4.69) is 15.3 Å². The Bertz CT molecular complexity index is 1200. The Morgan fingerprint density at radius 3 is 2.36 bits per heavy atom. The quantitative estimate of drug-likeness (QED) is 0.455. The van der Waals surface area contributed by atoms with E-state index in [9.17, 15) is 9.59 Å². The number of rotatable bonds is 10. The summed E-state index contributed by atoms with van der Waals surface area (Å²) in [6.45, 7) is 3.69. The smallest absolute Gasteiger partial charge is 0.274 e. The van der Waals surface area contributed by atoms with Crippen LogP contribution in [0.1, 0.15) is 34.2 Å². The van der Waals surface area contributed by atoms with Gasteiger partial charge < -0.3 is 29.2 Å². The Morgan fingerprint density at radius 1 is 1.00 bits per heavy atom. The van der Waals surface area contributed by atoms with Gasteiger partial charge in [0.1, 0.15) is 29.0 Å². The second-order valence-corrected chi connectivity index (χ2v) is 8.25. The number of nitrogens with one attached hydrogen (secondary N) is 1. The molecule has 1 aliphatic heterocycles.